The molecule has 0 aliphatic carbocycles. The standard InChI is InChI=1S/C11H14Cl3N.ClH/c1-11(2,3)10(15)7-4-6(12)5-8(13)9(7)14;/h4-5,10H,15H2,1-3H3;1H/t10-;/m0./s1. The molecule has 0 spiro atoms. The number of nitrogens with two attached hydrogens (primary N) is 1. The molecule has 0 saturated heterocycles. The van der Waals surface area contributed by atoms with E-state index in [0.717, 1.165) is 5.56 Å². The molecule has 1 aromatic carbocycles. The minimum Gasteiger partial charge on any atom is -0.323 e. The maximum absolute atomic E-state index is 6.11. The highest BCUT2D eigenvalue weighted by molar-refractivity contribution is 6.43. The molecule has 1 rings (SSSR count). The van der Waals surface area contributed by atoms with E-state index in [4.69, 9.17) is 40.5 Å². The number of benzene rings is 1. The lowest BCUT2D eigenvalue weighted by molar-refractivity contribution is 0.327. The van der Waals surface area contributed by atoms with Gasteiger partial charge in [0.2, 0.25) is 0 Å². The molecule has 0 aromatic heterocycles. The maximum atomic E-state index is 6.11. The van der Waals surface area contributed by atoms with Gasteiger partial charge in [0.1, 0.15) is 0 Å². The van der Waals surface area contributed by atoms with E-state index in [9.17, 15) is 0 Å². The molecule has 1 aromatic rings. The van der Waals surface area contributed by atoms with Crippen molar-refractivity contribution in [1.29, 1.82) is 0 Å². The molecule has 0 bridgehead atoms. The van der Waals surface area contributed by atoms with Crippen LogP contribution >= 0.6 is 47.2 Å². The van der Waals surface area contributed by atoms with E-state index < -0.39 is 0 Å². The molecule has 0 unspecified atom stereocenters. The molecule has 0 fully saturated rings. The number of halogens is 4. The zero-order valence-electron chi connectivity index (χ0n) is 9.35. The smallest absolute Gasteiger partial charge is 0.0641 e. The van der Waals surface area contributed by atoms with Crippen molar-refractivity contribution >= 4 is 47.2 Å². The van der Waals surface area contributed by atoms with Crippen LogP contribution in [0.25, 0.3) is 0 Å². The fraction of sp³-hybridized carbons (Fsp3) is 0.455. The Morgan fingerprint density at radius 1 is 1.12 bits per heavy atom. The Kier molecular flexibility index (Phi) is 5.91. The summed E-state index contributed by atoms with van der Waals surface area (Å²) in [6.07, 6.45) is 0. The molecule has 2 N–H and O–H groups in total. The zero-order chi connectivity index (χ0) is 11.8. The quantitative estimate of drug-likeness (QED) is 0.716. The first-order chi connectivity index (χ1) is 6.73. The summed E-state index contributed by atoms with van der Waals surface area (Å²) in [5, 5.41) is 1.49. The Balaban J connectivity index is 0.00000225. The molecule has 0 aliphatic heterocycles. The van der Waals surface area contributed by atoms with E-state index in [2.05, 4.69) is 0 Å². The largest absolute Gasteiger partial charge is 0.323 e. The van der Waals surface area contributed by atoms with Crippen LogP contribution in [0.1, 0.15) is 32.4 Å². The molecule has 16 heavy (non-hydrogen) atoms. The first kappa shape index (κ1) is 16.3. The van der Waals surface area contributed by atoms with Gasteiger partial charge in [-0.15, -0.1) is 12.4 Å². The lowest BCUT2D eigenvalue weighted by atomic mass is 9.83. The summed E-state index contributed by atoms with van der Waals surface area (Å²) in [5.74, 6) is 0. The van der Waals surface area contributed by atoms with Crippen LogP contribution in [0.5, 0.6) is 0 Å². The van der Waals surface area contributed by atoms with Crippen molar-refractivity contribution in [2.75, 3.05) is 0 Å². The van der Waals surface area contributed by atoms with Crippen molar-refractivity contribution in [3.8, 4) is 0 Å². The summed E-state index contributed by atoms with van der Waals surface area (Å²) in [6, 6.07) is 3.19. The normalized spacial score (nSPS) is 13.2. The van der Waals surface area contributed by atoms with Gasteiger partial charge >= 0.3 is 0 Å². The summed E-state index contributed by atoms with van der Waals surface area (Å²) < 4.78 is 0. The fourth-order valence-electron chi connectivity index (χ4n) is 1.27. The Bertz CT molecular complexity index is 371. The number of hydrogen-bond acceptors (Lipinski definition) is 1. The van der Waals surface area contributed by atoms with Crippen molar-refractivity contribution in [1.82, 2.24) is 0 Å². The molecule has 1 atom stereocenters. The zero-order valence-corrected chi connectivity index (χ0v) is 12.4. The second-order valence-electron chi connectivity index (χ2n) is 4.63. The number of hydrogen-bond donors (Lipinski definition) is 1. The predicted molar refractivity (Wildman–Crippen MR) is 75.1 cm³/mol. The van der Waals surface area contributed by atoms with E-state index in [1.807, 2.05) is 20.8 Å². The topological polar surface area (TPSA) is 26.0 Å². The van der Waals surface area contributed by atoms with Crippen LogP contribution in [-0.2, 0) is 0 Å². The molecule has 1 nitrogen and oxygen atoms in total. The van der Waals surface area contributed by atoms with Crippen molar-refractivity contribution < 1.29 is 0 Å². The second-order valence-corrected chi connectivity index (χ2v) is 5.86. The van der Waals surface area contributed by atoms with Gasteiger partial charge in [0.25, 0.3) is 0 Å². The molecule has 0 radical (unpaired) electrons. The van der Waals surface area contributed by atoms with E-state index in [-0.39, 0.29) is 23.9 Å². The summed E-state index contributed by atoms with van der Waals surface area (Å²) in [4.78, 5) is 0. The Hall–Kier alpha value is 0.340. The fourth-order valence-corrected chi connectivity index (χ4v) is 2.00. The molecular weight excluding hydrogens is 288 g/mol. The first-order valence-corrected chi connectivity index (χ1v) is 5.77. The van der Waals surface area contributed by atoms with Crippen LogP contribution in [0.3, 0.4) is 0 Å². The third kappa shape index (κ3) is 3.68. The maximum Gasteiger partial charge on any atom is 0.0641 e. The Morgan fingerprint density at radius 2 is 1.62 bits per heavy atom. The van der Waals surface area contributed by atoms with Gasteiger partial charge in [0, 0.05) is 11.1 Å². The molecule has 5 heteroatoms. The van der Waals surface area contributed by atoms with Gasteiger partial charge in [-0.25, -0.2) is 0 Å². The van der Waals surface area contributed by atoms with Crippen molar-refractivity contribution in [3.63, 3.8) is 0 Å². The summed E-state index contributed by atoms with van der Waals surface area (Å²) in [6.45, 7) is 6.13. The van der Waals surface area contributed by atoms with Gasteiger partial charge in [0.15, 0.2) is 0 Å². The van der Waals surface area contributed by atoms with E-state index >= 15 is 0 Å². The van der Waals surface area contributed by atoms with Crippen molar-refractivity contribution in [3.05, 3.63) is 32.8 Å². The van der Waals surface area contributed by atoms with Crippen molar-refractivity contribution in [2.24, 2.45) is 11.1 Å². The van der Waals surface area contributed by atoms with E-state index in [1.165, 1.54) is 0 Å². The molecule has 0 heterocycles. The second kappa shape index (κ2) is 5.79. The third-order valence-electron chi connectivity index (χ3n) is 2.29. The SMILES string of the molecule is CC(C)(C)[C@@H](N)c1cc(Cl)cc(Cl)c1Cl.Cl. The minimum absolute atomic E-state index is 0. The van der Waals surface area contributed by atoms with Gasteiger partial charge in [0.05, 0.1) is 10.0 Å². The van der Waals surface area contributed by atoms with E-state index in [0.29, 0.717) is 15.1 Å². The summed E-state index contributed by atoms with van der Waals surface area (Å²) in [5.41, 5.74) is 6.82. The molecule has 0 aliphatic rings. The lowest BCUT2D eigenvalue weighted by Crippen LogP contribution is -2.26. The summed E-state index contributed by atoms with van der Waals surface area (Å²) in [7, 11) is 0. The molecule has 0 saturated carbocycles. The van der Waals surface area contributed by atoms with Crippen LogP contribution in [-0.4, -0.2) is 0 Å². The monoisotopic (exact) mass is 301 g/mol. The number of rotatable bonds is 1. The van der Waals surface area contributed by atoms with Gasteiger partial charge in [-0.3, -0.25) is 0 Å². The highest BCUT2D eigenvalue weighted by atomic mass is 35.5. The Morgan fingerprint density at radius 3 is 2.06 bits per heavy atom. The van der Waals surface area contributed by atoms with E-state index in [1.54, 1.807) is 12.1 Å². The third-order valence-corrected chi connectivity index (χ3v) is 3.32. The van der Waals surface area contributed by atoms with Crippen LogP contribution in [0.2, 0.25) is 15.1 Å². The van der Waals surface area contributed by atoms with Gasteiger partial charge in [-0.05, 0) is 23.1 Å². The molecule has 0 amide bonds. The van der Waals surface area contributed by atoms with Gasteiger partial charge in [-0.1, -0.05) is 55.6 Å². The van der Waals surface area contributed by atoms with Gasteiger partial charge < -0.3 is 5.73 Å². The highest BCUT2D eigenvalue weighted by Gasteiger charge is 2.25. The average Bonchev–Trinajstić information content (AvgIpc) is 2.08. The first-order valence-electron chi connectivity index (χ1n) is 4.63. The average molecular weight is 303 g/mol. The van der Waals surface area contributed by atoms with Crippen LogP contribution in [0.15, 0.2) is 12.1 Å². The lowest BCUT2D eigenvalue weighted by Gasteiger charge is -2.28. The van der Waals surface area contributed by atoms with Crippen LogP contribution in [0, 0.1) is 5.41 Å². The minimum atomic E-state index is -0.193. The Labute approximate surface area is 118 Å². The summed E-state index contributed by atoms with van der Waals surface area (Å²) >= 11 is 18.0. The predicted octanol–water partition coefficient (Wildman–Crippen LogP) is 5.11. The molecular formula is C11H15Cl4N. The van der Waals surface area contributed by atoms with Crippen LogP contribution in [0.4, 0.5) is 0 Å². The van der Waals surface area contributed by atoms with Gasteiger partial charge in [-0.2, -0.15) is 0 Å². The van der Waals surface area contributed by atoms with Crippen molar-refractivity contribution in [2.45, 2.75) is 26.8 Å². The van der Waals surface area contributed by atoms with Crippen LogP contribution < -0.4 is 5.73 Å². The highest BCUT2D eigenvalue weighted by Crippen LogP contribution is 2.38. The molecule has 92 valence electrons.